The van der Waals surface area contributed by atoms with Gasteiger partial charge in [0.05, 0.1) is 0 Å². The predicted octanol–water partition coefficient (Wildman–Crippen LogP) is 4.91. The Morgan fingerprint density at radius 1 is 0.864 bits per heavy atom. The second kappa shape index (κ2) is 6.27. The van der Waals surface area contributed by atoms with Gasteiger partial charge in [0.25, 0.3) is 0 Å². The first-order valence-electron chi connectivity index (χ1n) is 7.24. The molecule has 0 aliphatic heterocycles. The number of allylic oxidation sites excluding steroid dienone is 1. The molecule has 0 saturated heterocycles. The summed E-state index contributed by atoms with van der Waals surface area (Å²) < 4.78 is 0. The molecule has 2 heteroatoms. The summed E-state index contributed by atoms with van der Waals surface area (Å²) in [5.74, 6) is 0.285. The predicted molar refractivity (Wildman–Crippen MR) is 90.5 cm³/mol. The molecule has 3 rings (SSSR count). The van der Waals surface area contributed by atoms with Crippen molar-refractivity contribution in [3.8, 4) is 16.9 Å². The molecule has 1 aromatic heterocycles. The van der Waals surface area contributed by atoms with Crippen LogP contribution in [0.25, 0.3) is 16.7 Å². The second-order valence-electron chi connectivity index (χ2n) is 5.07. The van der Waals surface area contributed by atoms with Crippen LogP contribution in [0.1, 0.15) is 18.1 Å². The summed E-state index contributed by atoms with van der Waals surface area (Å²) in [6.07, 6.45) is 5.76. The Morgan fingerprint density at radius 2 is 1.50 bits per heavy atom. The lowest BCUT2D eigenvalue weighted by Crippen LogP contribution is -1.89. The third kappa shape index (κ3) is 2.91. The maximum absolute atomic E-state index is 9.37. The van der Waals surface area contributed by atoms with Gasteiger partial charge in [-0.1, -0.05) is 48.5 Å². The van der Waals surface area contributed by atoms with Crippen LogP contribution in [0.3, 0.4) is 0 Å². The number of pyridine rings is 1. The Kier molecular flexibility index (Phi) is 4.01. The number of aromatic hydroxyl groups is 1. The van der Waals surface area contributed by atoms with Gasteiger partial charge in [-0.05, 0) is 47.4 Å². The van der Waals surface area contributed by atoms with E-state index >= 15 is 0 Å². The zero-order valence-corrected chi connectivity index (χ0v) is 12.4. The first-order valence-corrected chi connectivity index (χ1v) is 7.24. The third-order valence-corrected chi connectivity index (χ3v) is 3.66. The lowest BCUT2D eigenvalue weighted by atomic mass is 9.96. The van der Waals surface area contributed by atoms with Crippen LogP contribution in [0.2, 0.25) is 0 Å². The third-order valence-electron chi connectivity index (χ3n) is 3.66. The van der Waals surface area contributed by atoms with Crippen molar-refractivity contribution < 1.29 is 5.11 Å². The summed E-state index contributed by atoms with van der Waals surface area (Å²) in [6, 6.07) is 19.7. The molecule has 0 spiro atoms. The molecule has 22 heavy (non-hydrogen) atoms. The highest BCUT2D eigenvalue weighted by Crippen LogP contribution is 2.27. The standard InChI is InChI=1S/C20H17NO/c1-2-20(18-4-3-13-21-14-18)17-7-5-15(6-8-17)16-9-11-19(22)12-10-16/h2-14,22H,1H3/b20-2-. The molecule has 2 nitrogen and oxygen atoms in total. The number of benzene rings is 2. The molecule has 0 saturated carbocycles. The number of hydrogen-bond donors (Lipinski definition) is 1. The van der Waals surface area contributed by atoms with Crippen molar-refractivity contribution in [2.75, 3.05) is 0 Å². The molecule has 3 aromatic rings. The quantitative estimate of drug-likeness (QED) is 0.742. The van der Waals surface area contributed by atoms with Gasteiger partial charge in [-0.25, -0.2) is 0 Å². The minimum Gasteiger partial charge on any atom is -0.508 e. The average molecular weight is 287 g/mol. The summed E-state index contributed by atoms with van der Waals surface area (Å²) in [6.45, 7) is 2.04. The van der Waals surface area contributed by atoms with E-state index < -0.39 is 0 Å². The molecule has 0 amide bonds. The molecule has 0 fully saturated rings. The number of hydrogen-bond acceptors (Lipinski definition) is 2. The topological polar surface area (TPSA) is 33.1 Å². The molecule has 1 N–H and O–H groups in total. The molecule has 0 bridgehead atoms. The van der Waals surface area contributed by atoms with Gasteiger partial charge in [0, 0.05) is 18.0 Å². The van der Waals surface area contributed by atoms with E-state index in [0.29, 0.717) is 0 Å². The summed E-state index contributed by atoms with van der Waals surface area (Å²) in [4.78, 5) is 4.19. The molecule has 0 aliphatic rings. The lowest BCUT2D eigenvalue weighted by Gasteiger charge is -2.09. The highest BCUT2D eigenvalue weighted by atomic mass is 16.3. The van der Waals surface area contributed by atoms with Gasteiger partial charge in [-0.3, -0.25) is 4.98 Å². The van der Waals surface area contributed by atoms with Crippen molar-refractivity contribution in [2.24, 2.45) is 0 Å². The summed E-state index contributed by atoms with van der Waals surface area (Å²) in [5.41, 5.74) is 5.67. The Morgan fingerprint density at radius 3 is 2.05 bits per heavy atom. The SMILES string of the molecule is C/C=C(/c1ccc(-c2ccc(O)cc2)cc1)c1cccnc1. The molecule has 0 aliphatic carbocycles. The highest BCUT2D eigenvalue weighted by Gasteiger charge is 2.05. The smallest absolute Gasteiger partial charge is 0.115 e. The van der Waals surface area contributed by atoms with Crippen LogP contribution in [0.4, 0.5) is 0 Å². The normalized spacial score (nSPS) is 11.4. The molecular weight excluding hydrogens is 270 g/mol. The molecule has 108 valence electrons. The largest absolute Gasteiger partial charge is 0.508 e. The number of nitrogens with zero attached hydrogens (tertiary/aromatic N) is 1. The van der Waals surface area contributed by atoms with Crippen LogP contribution < -0.4 is 0 Å². The van der Waals surface area contributed by atoms with Gasteiger partial charge in [-0.15, -0.1) is 0 Å². The van der Waals surface area contributed by atoms with E-state index in [1.54, 1.807) is 18.3 Å². The average Bonchev–Trinajstić information content (AvgIpc) is 2.58. The van der Waals surface area contributed by atoms with Crippen molar-refractivity contribution in [1.29, 1.82) is 0 Å². The number of phenols is 1. The first kappa shape index (κ1) is 14.1. The Labute approximate surface area is 130 Å². The van der Waals surface area contributed by atoms with Crippen molar-refractivity contribution >= 4 is 5.57 Å². The second-order valence-corrected chi connectivity index (χ2v) is 5.07. The van der Waals surface area contributed by atoms with Crippen LogP contribution >= 0.6 is 0 Å². The molecule has 0 atom stereocenters. The molecule has 2 aromatic carbocycles. The zero-order chi connectivity index (χ0) is 15.4. The van der Waals surface area contributed by atoms with Crippen LogP contribution in [-0.2, 0) is 0 Å². The maximum atomic E-state index is 9.37. The van der Waals surface area contributed by atoms with E-state index in [4.69, 9.17) is 0 Å². The van der Waals surface area contributed by atoms with Crippen LogP contribution in [0.5, 0.6) is 5.75 Å². The maximum Gasteiger partial charge on any atom is 0.115 e. The van der Waals surface area contributed by atoms with E-state index in [1.165, 1.54) is 5.57 Å². The molecular formula is C20H17NO. The van der Waals surface area contributed by atoms with Gasteiger partial charge in [0.1, 0.15) is 5.75 Å². The van der Waals surface area contributed by atoms with Crippen molar-refractivity contribution in [3.05, 3.63) is 90.3 Å². The highest BCUT2D eigenvalue weighted by molar-refractivity contribution is 5.80. The number of aromatic nitrogens is 1. The monoisotopic (exact) mass is 287 g/mol. The molecule has 0 radical (unpaired) electrons. The summed E-state index contributed by atoms with van der Waals surface area (Å²) in [7, 11) is 0. The van der Waals surface area contributed by atoms with E-state index in [9.17, 15) is 5.11 Å². The minimum absolute atomic E-state index is 0.285. The van der Waals surface area contributed by atoms with Crippen molar-refractivity contribution in [2.45, 2.75) is 6.92 Å². The molecule has 0 unspecified atom stereocenters. The van der Waals surface area contributed by atoms with Gasteiger partial charge in [0.15, 0.2) is 0 Å². The van der Waals surface area contributed by atoms with Gasteiger partial charge in [-0.2, -0.15) is 0 Å². The van der Waals surface area contributed by atoms with Gasteiger partial charge >= 0.3 is 0 Å². The van der Waals surface area contributed by atoms with E-state index in [-0.39, 0.29) is 5.75 Å². The van der Waals surface area contributed by atoms with Crippen LogP contribution in [0, 0.1) is 0 Å². The van der Waals surface area contributed by atoms with E-state index in [1.807, 2.05) is 31.3 Å². The Bertz CT molecular complexity index is 772. The lowest BCUT2D eigenvalue weighted by molar-refractivity contribution is 0.475. The van der Waals surface area contributed by atoms with Gasteiger partial charge < -0.3 is 5.11 Å². The minimum atomic E-state index is 0.285. The zero-order valence-electron chi connectivity index (χ0n) is 12.4. The van der Waals surface area contributed by atoms with Crippen molar-refractivity contribution in [3.63, 3.8) is 0 Å². The van der Waals surface area contributed by atoms with E-state index in [0.717, 1.165) is 22.3 Å². The summed E-state index contributed by atoms with van der Waals surface area (Å²) in [5, 5.41) is 9.37. The Hall–Kier alpha value is -2.87. The number of phenolic OH excluding ortho intramolecular Hbond substituents is 1. The Balaban J connectivity index is 1.92. The van der Waals surface area contributed by atoms with Gasteiger partial charge in [0.2, 0.25) is 0 Å². The van der Waals surface area contributed by atoms with Crippen LogP contribution in [-0.4, -0.2) is 10.1 Å². The van der Waals surface area contributed by atoms with Crippen LogP contribution in [0.15, 0.2) is 79.1 Å². The fraction of sp³-hybridized carbons (Fsp3) is 0.0500. The van der Waals surface area contributed by atoms with E-state index in [2.05, 4.69) is 41.4 Å². The number of rotatable bonds is 3. The molecule has 1 heterocycles. The first-order chi connectivity index (χ1) is 10.8. The summed E-state index contributed by atoms with van der Waals surface area (Å²) >= 11 is 0. The van der Waals surface area contributed by atoms with Crippen molar-refractivity contribution in [1.82, 2.24) is 4.98 Å². The fourth-order valence-electron chi connectivity index (χ4n) is 2.52. The fourth-order valence-corrected chi connectivity index (χ4v) is 2.52.